The van der Waals surface area contributed by atoms with Gasteiger partial charge in [0.15, 0.2) is 16.9 Å². The average Bonchev–Trinajstić information content (AvgIpc) is 1.60. The largest absolute Gasteiger partial charge is 0.375 e. The minimum absolute atomic E-state index is 0.00712. The summed E-state index contributed by atoms with van der Waals surface area (Å²) >= 11 is 12.1. The SMILES string of the molecule is CC(Br)C(=O)c1ccc2c(c1)cc(-c1c(F)cccc1F)n2S(=O)(=O)c1ccccc1.Cc1sc(I)nc1-c1ccc2[nH]c(-c3c(F)cccc3F)cc2c1.Cc1sc(I)nc1-c1ccc2c(c1)cc(-c1c(F)cccc1F)n2S(=O)(=O)c1ccccc1.Cc1sc(N)nc1-c1ccc2c(c1)cc(-c1c(F)cccc1F)n2S(=O)(=O)c1ccccc1. The summed E-state index contributed by atoms with van der Waals surface area (Å²) in [7, 11) is -12.5. The summed E-state index contributed by atoms with van der Waals surface area (Å²) in [6.45, 7) is 7.57. The normalized spacial score (nSPS) is 12.0. The van der Waals surface area contributed by atoms with Crippen LogP contribution in [0.3, 0.4) is 0 Å². The van der Waals surface area contributed by atoms with Crippen molar-refractivity contribution in [3.63, 3.8) is 0 Å². The van der Waals surface area contributed by atoms with Gasteiger partial charge < -0.3 is 10.7 Å². The zero-order chi connectivity index (χ0) is 85.8. The summed E-state index contributed by atoms with van der Waals surface area (Å²) in [5, 5.41) is 2.72. The van der Waals surface area contributed by atoms with Crippen molar-refractivity contribution in [3.8, 4) is 78.8 Å². The molecule has 0 amide bonds. The van der Waals surface area contributed by atoms with E-state index in [1.165, 1.54) is 121 Å². The van der Waals surface area contributed by atoms with Crippen molar-refractivity contribution in [1.29, 1.82) is 0 Å². The van der Waals surface area contributed by atoms with Gasteiger partial charge >= 0.3 is 0 Å². The molecule has 0 radical (unpaired) electrons. The Kier molecular flexibility index (Phi) is 24.3. The number of rotatable bonds is 15. The highest BCUT2D eigenvalue weighted by atomic mass is 127. The maximum Gasteiger partial charge on any atom is 0.268 e. The molecule has 0 saturated carbocycles. The number of aromatic amines is 1. The summed E-state index contributed by atoms with van der Waals surface area (Å²) in [6.07, 6.45) is 0. The van der Waals surface area contributed by atoms with Gasteiger partial charge in [-0.25, -0.2) is 87.2 Å². The molecule has 610 valence electrons. The molecule has 15 nitrogen and oxygen atoms in total. The number of thiazole rings is 3. The van der Waals surface area contributed by atoms with Gasteiger partial charge in [-0.05, 0) is 237 Å². The number of hydrogen-bond acceptors (Lipinski definition) is 14. The van der Waals surface area contributed by atoms with E-state index in [0.717, 1.165) is 108 Å². The maximum absolute atomic E-state index is 14.8. The Morgan fingerprint density at radius 2 is 0.702 bits per heavy atom. The van der Waals surface area contributed by atoms with Crippen molar-refractivity contribution in [3.05, 3.63) is 334 Å². The molecule has 32 heteroatoms. The van der Waals surface area contributed by atoms with Crippen molar-refractivity contribution in [2.45, 2.75) is 47.2 Å². The number of H-pyrrole nitrogens is 1. The lowest BCUT2D eigenvalue weighted by Crippen LogP contribution is -2.15. The lowest BCUT2D eigenvalue weighted by atomic mass is 10.1. The fraction of sp³-hybridized carbons (Fsp3) is 0.0562. The number of carbonyl (C=O) groups excluding carboxylic acids is 1. The second kappa shape index (κ2) is 34.6. The summed E-state index contributed by atoms with van der Waals surface area (Å²) in [4.78, 5) is 31.6. The van der Waals surface area contributed by atoms with E-state index >= 15 is 0 Å². The Hall–Kier alpha value is -10.8. The van der Waals surface area contributed by atoms with Gasteiger partial charge in [0.25, 0.3) is 30.1 Å². The highest BCUT2D eigenvalue weighted by molar-refractivity contribution is 14.1. The summed E-state index contributed by atoms with van der Waals surface area (Å²) in [6, 6.07) is 64.2. The molecule has 18 rings (SSSR count). The molecule has 3 N–H and O–H groups in total. The van der Waals surface area contributed by atoms with Crippen LogP contribution in [0.15, 0.2) is 276 Å². The number of alkyl halides is 1. The lowest BCUT2D eigenvalue weighted by Gasteiger charge is -2.13. The molecular weight excluding hydrogens is 1970 g/mol. The molecule has 1 unspecified atom stereocenters. The molecule has 7 aromatic heterocycles. The number of nitrogens with one attached hydrogen (secondary N) is 1. The Morgan fingerprint density at radius 1 is 0.388 bits per heavy atom. The highest BCUT2D eigenvalue weighted by Crippen LogP contribution is 2.43. The second-order valence-corrected chi connectivity index (χ2v) is 41.1. The van der Waals surface area contributed by atoms with E-state index in [0.29, 0.717) is 49.3 Å². The zero-order valence-corrected chi connectivity index (χ0v) is 73.9. The lowest BCUT2D eigenvalue weighted by molar-refractivity contribution is 0.0995. The van der Waals surface area contributed by atoms with Gasteiger partial charge in [-0.15, -0.1) is 34.0 Å². The van der Waals surface area contributed by atoms with Crippen molar-refractivity contribution in [1.82, 2.24) is 31.9 Å². The van der Waals surface area contributed by atoms with Crippen molar-refractivity contribution >= 4 is 180 Å². The number of carbonyl (C=O) groups is 1. The van der Waals surface area contributed by atoms with E-state index in [-0.39, 0.29) is 48.6 Å². The smallest absolute Gasteiger partial charge is 0.268 e. The van der Waals surface area contributed by atoms with Crippen LogP contribution >= 0.6 is 95.1 Å². The van der Waals surface area contributed by atoms with E-state index in [4.69, 9.17) is 5.73 Å². The number of ketones is 1. The average molecular weight is 2030 g/mol. The molecule has 0 aliphatic carbocycles. The topological polar surface area (TPSA) is 215 Å². The number of anilines is 1. The van der Waals surface area contributed by atoms with E-state index < -0.39 is 98.1 Å². The first-order valence-corrected chi connectivity index (χ1v) is 46.1. The van der Waals surface area contributed by atoms with Gasteiger partial charge in [0.1, 0.15) is 46.5 Å². The highest BCUT2D eigenvalue weighted by Gasteiger charge is 2.32. The quantitative estimate of drug-likeness (QED) is 0.0426. The Morgan fingerprint density at radius 3 is 1.03 bits per heavy atom. The van der Waals surface area contributed by atoms with Crippen molar-refractivity contribution in [2.24, 2.45) is 0 Å². The van der Waals surface area contributed by atoms with Gasteiger partial charge in [0.2, 0.25) is 0 Å². The number of halogens is 11. The predicted molar refractivity (Wildman–Crippen MR) is 483 cm³/mol. The van der Waals surface area contributed by atoms with Gasteiger partial charge in [-0.2, -0.15) is 0 Å². The number of Topliss-reactive ketones (excluding diaryl/α,β-unsaturated/α-hetero) is 1. The number of aromatic nitrogens is 7. The number of nitrogens with zero attached hydrogens (tertiary/aromatic N) is 6. The van der Waals surface area contributed by atoms with Crippen LogP contribution in [-0.4, -0.2) is 67.7 Å². The number of nitrogens with two attached hydrogens (primary N) is 1. The van der Waals surface area contributed by atoms with E-state index in [1.54, 1.807) is 127 Å². The Bertz CT molecular complexity index is 7170. The molecule has 0 saturated heterocycles. The summed E-state index contributed by atoms with van der Waals surface area (Å²) in [5.74, 6) is -6.52. The zero-order valence-electron chi connectivity index (χ0n) is 63.1. The third-order valence-corrected chi connectivity index (χ3v) is 29.2. The first-order chi connectivity index (χ1) is 57.8. The standard InChI is InChI=1S/C24H15F2IN2O2S2.C24H17F2N3O2S2.C23H16BrF2NO3S.C18H11F2IN2S/c2*1-14-23(28-24(27)32-14)15-10-11-20-16(12-15)13-21(22-18(25)8-5-9-19(22)26)29(20)33(30,31)17-6-3-2-4-7-17;1-14(24)23(28)15-10-11-20-16(12-15)13-21(22-18(25)8-5-9-19(22)26)27(20)31(29,30)17-6-3-2-4-7-17;1-9-17(23-18(21)24-9)10-5-6-14-11(7-10)8-15(22-14)16-12(19)3-2-4-13(16)20/h2-13H,1H3;2-13H,1H3,(H2,27,28);2-14H,1H3;2-8,22H,1H3. The molecule has 18 aromatic rings. The van der Waals surface area contributed by atoms with Crippen LogP contribution < -0.4 is 5.73 Å². The minimum Gasteiger partial charge on any atom is -0.375 e. The van der Waals surface area contributed by atoms with Crippen LogP contribution in [0.2, 0.25) is 0 Å². The van der Waals surface area contributed by atoms with Crippen LogP contribution in [-0.2, 0) is 30.1 Å². The Balaban J connectivity index is 0.000000126. The van der Waals surface area contributed by atoms with E-state index in [2.05, 4.69) is 81.0 Å². The number of benzene rings is 11. The molecule has 7 heterocycles. The number of nitrogen functional groups attached to an aromatic ring is 1. The molecule has 0 bridgehead atoms. The van der Waals surface area contributed by atoms with Crippen molar-refractivity contribution in [2.75, 3.05) is 5.73 Å². The third kappa shape index (κ3) is 16.8. The second-order valence-electron chi connectivity index (χ2n) is 27.2. The number of aryl methyl sites for hydroxylation is 3. The minimum atomic E-state index is -4.19. The van der Waals surface area contributed by atoms with Crippen LogP contribution in [0.25, 0.3) is 122 Å². The van der Waals surface area contributed by atoms with E-state index in [9.17, 15) is 65.2 Å². The number of fused-ring (bicyclic) bond motifs is 4. The van der Waals surface area contributed by atoms with Crippen LogP contribution in [0.5, 0.6) is 0 Å². The number of hydrogen-bond donors (Lipinski definition) is 2. The monoisotopic (exact) mass is 2030 g/mol. The van der Waals surface area contributed by atoms with Gasteiger partial charge in [0, 0.05) is 63.9 Å². The molecule has 0 spiro atoms. The first kappa shape index (κ1) is 85.2. The molecule has 121 heavy (non-hydrogen) atoms. The molecular formula is C89H59BrF8I2N8O7S6. The third-order valence-electron chi connectivity index (χ3n) is 19.4. The summed E-state index contributed by atoms with van der Waals surface area (Å²) in [5.41, 5.74) is 11.6. The fourth-order valence-electron chi connectivity index (χ4n) is 14.0. The van der Waals surface area contributed by atoms with Crippen LogP contribution in [0.4, 0.5) is 40.3 Å². The molecule has 11 aromatic carbocycles. The molecule has 0 aliphatic rings. The molecule has 0 aliphatic heterocycles. The fourth-order valence-corrected chi connectivity index (χ4v) is 23.3. The van der Waals surface area contributed by atoms with Gasteiger partial charge in [0.05, 0.1) is 98.2 Å². The van der Waals surface area contributed by atoms with Gasteiger partial charge in [-0.1, -0.05) is 113 Å². The first-order valence-electron chi connectivity index (χ1n) is 36.3. The maximum atomic E-state index is 14.8. The molecule has 1 atom stereocenters. The van der Waals surface area contributed by atoms with Gasteiger partial charge in [-0.3, -0.25) is 4.79 Å². The predicted octanol–water partition coefficient (Wildman–Crippen LogP) is 24.6. The Labute approximate surface area is 735 Å². The van der Waals surface area contributed by atoms with Crippen molar-refractivity contribution < 1.29 is 65.2 Å². The van der Waals surface area contributed by atoms with E-state index in [1.807, 2.05) is 39.0 Å². The summed E-state index contributed by atoms with van der Waals surface area (Å²) < 4.78 is 203. The molecule has 0 fully saturated rings. The van der Waals surface area contributed by atoms with Crippen LogP contribution in [0.1, 0.15) is 31.9 Å². The van der Waals surface area contributed by atoms with Crippen LogP contribution in [0, 0.1) is 73.3 Å².